The summed E-state index contributed by atoms with van der Waals surface area (Å²) in [6.07, 6.45) is 4.00. The molecule has 4 aliphatic heterocycles. The number of ether oxygens (including phenoxy) is 2. The third-order valence-corrected chi connectivity index (χ3v) is 13.3. The molecule has 306 valence electrons. The van der Waals surface area contributed by atoms with Crippen LogP contribution in [0.5, 0.6) is 23.0 Å². The van der Waals surface area contributed by atoms with E-state index in [1.165, 1.54) is 23.5 Å². The smallest absolute Gasteiger partial charge is 0.255 e. The SMILES string of the molecule is O=C1CCC(N2Cc3cc(N4CCN(CCCN5CCC(COc6ccc(Oc7c(-c8ccc(F)cc8)sc8cc(O)ccc78)cc6)CC5)CC4)ccc3C2=O)C(=O)N1. The number of likely N-dealkylation sites (tertiary alicyclic amines) is 1. The van der Waals surface area contributed by atoms with Crippen LogP contribution >= 0.6 is 11.3 Å². The molecule has 13 heteroatoms. The van der Waals surface area contributed by atoms with Crippen molar-refractivity contribution in [3.63, 3.8) is 0 Å². The van der Waals surface area contributed by atoms with Gasteiger partial charge in [-0.25, -0.2) is 4.39 Å². The average Bonchev–Trinajstić information content (AvgIpc) is 3.77. The number of nitrogens with zero attached hydrogens (tertiary/aromatic N) is 4. The van der Waals surface area contributed by atoms with Crippen molar-refractivity contribution < 1.29 is 33.4 Å². The van der Waals surface area contributed by atoms with Gasteiger partial charge < -0.3 is 29.3 Å². The zero-order valence-corrected chi connectivity index (χ0v) is 33.7. The predicted molar refractivity (Wildman–Crippen MR) is 226 cm³/mol. The number of benzene rings is 4. The Bertz CT molecular complexity index is 2340. The number of phenols is 1. The van der Waals surface area contributed by atoms with E-state index in [4.69, 9.17) is 9.47 Å². The fourth-order valence-electron chi connectivity index (χ4n) is 8.77. The fourth-order valence-corrected chi connectivity index (χ4v) is 9.94. The van der Waals surface area contributed by atoms with Crippen molar-refractivity contribution in [3.8, 4) is 33.4 Å². The zero-order chi connectivity index (χ0) is 40.5. The first kappa shape index (κ1) is 39.0. The number of hydrogen-bond acceptors (Lipinski definition) is 10. The number of piperazine rings is 1. The van der Waals surface area contributed by atoms with Crippen LogP contribution in [0.15, 0.2) is 84.9 Å². The molecule has 3 amide bonds. The third-order valence-electron chi connectivity index (χ3n) is 12.2. The molecule has 0 spiro atoms. The second-order valence-corrected chi connectivity index (χ2v) is 17.1. The molecule has 5 aromatic rings. The number of thiophene rings is 1. The van der Waals surface area contributed by atoms with E-state index < -0.39 is 6.04 Å². The van der Waals surface area contributed by atoms with Crippen LogP contribution in [0, 0.1) is 11.7 Å². The predicted octanol–water partition coefficient (Wildman–Crippen LogP) is 7.27. The Balaban J connectivity index is 0.689. The quantitative estimate of drug-likeness (QED) is 0.126. The van der Waals surface area contributed by atoms with Gasteiger partial charge in [-0.3, -0.25) is 24.6 Å². The van der Waals surface area contributed by atoms with E-state index in [-0.39, 0.29) is 35.7 Å². The highest BCUT2D eigenvalue weighted by Gasteiger charge is 2.39. The van der Waals surface area contributed by atoms with Crippen LogP contribution in [-0.4, -0.2) is 103 Å². The molecule has 1 unspecified atom stereocenters. The van der Waals surface area contributed by atoms with E-state index in [9.17, 15) is 23.9 Å². The molecule has 2 N–H and O–H groups in total. The molecule has 1 aromatic heterocycles. The largest absolute Gasteiger partial charge is 0.508 e. The number of amides is 3. The van der Waals surface area contributed by atoms with Gasteiger partial charge >= 0.3 is 0 Å². The Labute approximate surface area is 346 Å². The maximum Gasteiger partial charge on any atom is 0.255 e. The van der Waals surface area contributed by atoms with Gasteiger partial charge in [-0.1, -0.05) is 12.1 Å². The number of piperidine rings is 2. The second kappa shape index (κ2) is 17.0. The normalized spacial score (nSPS) is 19.3. The molecule has 5 heterocycles. The van der Waals surface area contributed by atoms with Gasteiger partial charge in [-0.05, 0) is 142 Å². The van der Waals surface area contributed by atoms with E-state index in [0.717, 1.165) is 109 Å². The molecule has 0 aliphatic carbocycles. The van der Waals surface area contributed by atoms with Crippen molar-refractivity contribution in [2.24, 2.45) is 5.92 Å². The van der Waals surface area contributed by atoms with E-state index in [0.29, 0.717) is 42.6 Å². The number of carbonyl (C=O) groups is 3. The number of imide groups is 1. The molecule has 4 aliphatic rings. The van der Waals surface area contributed by atoms with Crippen LogP contribution in [0.25, 0.3) is 20.5 Å². The van der Waals surface area contributed by atoms with Gasteiger partial charge in [0.1, 0.15) is 29.1 Å². The maximum atomic E-state index is 13.7. The summed E-state index contributed by atoms with van der Waals surface area (Å²) in [6.45, 7) is 9.29. The topological polar surface area (TPSA) is 115 Å². The molecular formula is C46H48FN5O6S. The Hall–Kier alpha value is -5.50. The first-order valence-electron chi connectivity index (χ1n) is 20.6. The number of hydrogen-bond donors (Lipinski definition) is 2. The lowest BCUT2D eigenvalue weighted by Gasteiger charge is -2.37. The van der Waals surface area contributed by atoms with Crippen molar-refractivity contribution in [2.45, 2.75) is 44.7 Å². The summed E-state index contributed by atoms with van der Waals surface area (Å²) in [5.41, 5.74) is 3.56. The Morgan fingerprint density at radius 3 is 2.27 bits per heavy atom. The molecule has 9 rings (SSSR count). The van der Waals surface area contributed by atoms with E-state index in [1.807, 2.05) is 42.5 Å². The Morgan fingerprint density at radius 1 is 0.797 bits per heavy atom. The number of nitrogens with one attached hydrogen (secondary N) is 1. The number of carbonyl (C=O) groups excluding carboxylic acids is 3. The summed E-state index contributed by atoms with van der Waals surface area (Å²) < 4.78 is 27.2. The van der Waals surface area contributed by atoms with Gasteiger partial charge in [0.05, 0.1) is 11.5 Å². The molecule has 4 aromatic carbocycles. The van der Waals surface area contributed by atoms with Crippen molar-refractivity contribution in [3.05, 3.63) is 102 Å². The number of anilines is 1. The highest BCUT2D eigenvalue weighted by Crippen LogP contribution is 2.47. The van der Waals surface area contributed by atoms with Crippen LogP contribution in [0.2, 0.25) is 0 Å². The first-order valence-corrected chi connectivity index (χ1v) is 21.4. The van der Waals surface area contributed by atoms with Gasteiger partial charge in [0, 0.05) is 60.5 Å². The Morgan fingerprint density at radius 2 is 1.53 bits per heavy atom. The fraction of sp³-hybridized carbons (Fsp3) is 0.370. The molecule has 0 saturated carbocycles. The van der Waals surface area contributed by atoms with Crippen LogP contribution in [0.4, 0.5) is 10.1 Å². The standard InChI is InChI=1S/C46H48FN5O6S/c47-33-4-2-31(3-5-33)44-43(39-13-7-35(53)27-41(39)59-44)58-37-10-8-36(9-11-37)57-29-30-16-20-49(21-17-30)18-1-19-50-22-24-51(25-23-50)34-6-12-38-32(26-34)28-52(46(38)56)40-14-15-42(54)48-45(40)55/h2-13,26-27,30,40,53H,1,14-25,28-29H2,(H,48,54,55). The molecule has 59 heavy (non-hydrogen) atoms. The van der Waals surface area contributed by atoms with Gasteiger partial charge in [0.25, 0.3) is 5.91 Å². The number of rotatable bonds is 12. The summed E-state index contributed by atoms with van der Waals surface area (Å²) >= 11 is 1.50. The van der Waals surface area contributed by atoms with Crippen LogP contribution in [0.1, 0.15) is 48.0 Å². The molecule has 0 radical (unpaired) electrons. The zero-order valence-electron chi connectivity index (χ0n) is 32.9. The van der Waals surface area contributed by atoms with Crippen LogP contribution < -0.4 is 19.7 Å². The first-order chi connectivity index (χ1) is 28.7. The summed E-state index contributed by atoms with van der Waals surface area (Å²) in [5.74, 6) is 1.76. The summed E-state index contributed by atoms with van der Waals surface area (Å²) in [7, 11) is 0. The second-order valence-electron chi connectivity index (χ2n) is 16.0. The van der Waals surface area contributed by atoms with Crippen LogP contribution in [0.3, 0.4) is 0 Å². The van der Waals surface area contributed by atoms with Crippen molar-refractivity contribution in [1.82, 2.24) is 20.0 Å². The molecule has 11 nitrogen and oxygen atoms in total. The summed E-state index contributed by atoms with van der Waals surface area (Å²) in [6, 6.07) is 24.7. The molecule has 1 atom stereocenters. The van der Waals surface area contributed by atoms with Crippen LogP contribution in [-0.2, 0) is 16.1 Å². The van der Waals surface area contributed by atoms with Crippen molar-refractivity contribution >= 4 is 44.8 Å². The minimum absolute atomic E-state index is 0.134. The number of phenolic OH excluding ortho intramolecular Hbond substituents is 1. The highest BCUT2D eigenvalue weighted by molar-refractivity contribution is 7.22. The molecular weight excluding hydrogens is 770 g/mol. The molecule has 3 fully saturated rings. The minimum Gasteiger partial charge on any atom is -0.508 e. The molecule has 3 saturated heterocycles. The van der Waals surface area contributed by atoms with Gasteiger partial charge in [-0.15, -0.1) is 11.3 Å². The highest BCUT2D eigenvalue weighted by atomic mass is 32.1. The van der Waals surface area contributed by atoms with E-state index in [1.54, 1.807) is 29.2 Å². The lowest BCUT2D eigenvalue weighted by molar-refractivity contribution is -0.136. The Kier molecular flexibility index (Phi) is 11.2. The van der Waals surface area contributed by atoms with Gasteiger partial charge in [-0.2, -0.15) is 0 Å². The van der Waals surface area contributed by atoms with Crippen molar-refractivity contribution in [1.29, 1.82) is 0 Å². The number of aromatic hydroxyl groups is 1. The van der Waals surface area contributed by atoms with E-state index >= 15 is 0 Å². The lowest BCUT2D eigenvalue weighted by atomic mass is 9.97. The third kappa shape index (κ3) is 8.64. The minimum atomic E-state index is -0.595. The monoisotopic (exact) mass is 817 g/mol. The summed E-state index contributed by atoms with van der Waals surface area (Å²) in [4.78, 5) is 47.1. The van der Waals surface area contributed by atoms with E-state index in [2.05, 4.69) is 26.1 Å². The van der Waals surface area contributed by atoms with Gasteiger partial charge in [0.15, 0.2) is 5.75 Å². The van der Waals surface area contributed by atoms with Crippen molar-refractivity contribution in [2.75, 3.05) is 63.9 Å². The maximum absolute atomic E-state index is 13.7. The van der Waals surface area contributed by atoms with Gasteiger partial charge in [0.2, 0.25) is 11.8 Å². The molecule has 0 bridgehead atoms. The lowest BCUT2D eigenvalue weighted by Crippen LogP contribution is -2.52. The number of halogens is 1. The number of fused-ring (bicyclic) bond motifs is 2. The average molecular weight is 818 g/mol. The summed E-state index contributed by atoms with van der Waals surface area (Å²) in [5, 5.41) is 13.3.